The van der Waals surface area contributed by atoms with Gasteiger partial charge in [0, 0.05) is 55.8 Å². The second kappa shape index (κ2) is 9.20. The zero-order valence-electron chi connectivity index (χ0n) is 20.3. The Labute approximate surface area is 209 Å². The van der Waals surface area contributed by atoms with E-state index < -0.39 is 11.9 Å². The summed E-state index contributed by atoms with van der Waals surface area (Å²) in [5, 5.41) is 2.35. The van der Waals surface area contributed by atoms with Crippen LogP contribution in [0.1, 0.15) is 59.5 Å². The first kappa shape index (κ1) is 23.0. The number of piperidine rings is 1. The maximum atomic E-state index is 13.0. The zero-order chi connectivity index (χ0) is 24.8. The lowest BCUT2D eigenvalue weighted by molar-refractivity contribution is -0.136. The molecule has 3 amide bonds. The average molecular weight is 491 g/mol. The molecule has 1 aliphatic carbocycles. The van der Waals surface area contributed by atoms with Crippen molar-refractivity contribution in [2.75, 3.05) is 20.2 Å². The third-order valence-electron chi connectivity index (χ3n) is 8.02. The summed E-state index contributed by atoms with van der Waals surface area (Å²) in [5.41, 5.74) is 2.73. The highest BCUT2D eigenvalue weighted by Gasteiger charge is 2.42. The molecule has 3 atom stereocenters. The number of benzene rings is 1. The lowest BCUT2D eigenvalue weighted by atomic mass is 9.90. The van der Waals surface area contributed by atoms with E-state index in [9.17, 15) is 14.4 Å². The van der Waals surface area contributed by atoms with Crippen molar-refractivity contribution < 1.29 is 23.9 Å². The number of fused-ring (bicyclic) bond motifs is 1. The summed E-state index contributed by atoms with van der Waals surface area (Å²) in [6, 6.07) is 9.47. The summed E-state index contributed by atoms with van der Waals surface area (Å²) in [5.74, 6) is 1.06. The first-order valence-electron chi connectivity index (χ1n) is 12.7. The van der Waals surface area contributed by atoms with Gasteiger partial charge in [0.25, 0.3) is 5.91 Å². The Hall–Kier alpha value is -3.46. The Balaban J connectivity index is 1.09. The van der Waals surface area contributed by atoms with E-state index in [1.807, 2.05) is 18.2 Å². The molecule has 0 radical (unpaired) electrons. The van der Waals surface area contributed by atoms with Gasteiger partial charge in [-0.25, -0.2) is 4.98 Å². The molecule has 188 valence electrons. The summed E-state index contributed by atoms with van der Waals surface area (Å²) in [6.45, 7) is 2.35. The van der Waals surface area contributed by atoms with Gasteiger partial charge in [-0.05, 0) is 61.1 Å². The van der Waals surface area contributed by atoms with Crippen molar-refractivity contribution in [3.05, 3.63) is 53.2 Å². The van der Waals surface area contributed by atoms with Gasteiger partial charge < -0.3 is 14.4 Å². The predicted molar refractivity (Wildman–Crippen MR) is 130 cm³/mol. The highest BCUT2D eigenvalue weighted by Crippen LogP contribution is 2.37. The van der Waals surface area contributed by atoms with Gasteiger partial charge in [0.1, 0.15) is 17.9 Å². The largest absolute Gasteiger partial charge is 0.489 e. The minimum Gasteiger partial charge on any atom is -0.489 e. The van der Waals surface area contributed by atoms with Gasteiger partial charge in [0.05, 0.1) is 7.11 Å². The van der Waals surface area contributed by atoms with Gasteiger partial charge in [0.2, 0.25) is 17.7 Å². The minimum atomic E-state index is -0.606. The molecule has 2 aromatic rings. The number of nitrogens with zero attached hydrogens (tertiary/aromatic N) is 3. The van der Waals surface area contributed by atoms with Gasteiger partial charge in [-0.3, -0.25) is 24.6 Å². The number of carbonyl (C=O) groups is 3. The third-order valence-corrected chi connectivity index (χ3v) is 8.02. The van der Waals surface area contributed by atoms with E-state index in [0.717, 1.165) is 43.7 Å². The normalized spacial score (nSPS) is 26.5. The van der Waals surface area contributed by atoms with Crippen LogP contribution in [0.2, 0.25) is 0 Å². The zero-order valence-corrected chi connectivity index (χ0v) is 20.3. The molecule has 3 aliphatic heterocycles. The fourth-order valence-electron chi connectivity index (χ4n) is 6.05. The summed E-state index contributed by atoms with van der Waals surface area (Å²) >= 11 is 0. The van der Waals surface area contributed by atoms with Crippen LogP contribution in [-0.4, -0.2) is 70.9 Å². The van der Waals surface area contributed by atoms with Crippen molar-refractivity contribution in [1.82, 2.24) is 20.1 Å². The number of nitrogens with one attached hydrogen (secondary N) is 1. The van der Waals surface area contributed by atoms with Crippen LogP contribution in [0.15, 0.2) is 36.5 Å². The van der Waals surface area contributed by atoms with E-state index in [0.29, 0.717) is 36.4 Å². The number of hydrogen-bond donors (Lipinski definition) is 1. The topological polar surface area (TPSA) is 101 Å². The van der Waals surface area contributed by atoms with E-state index >= 15 is 0 Å². The standard InChI is InChI=1S/C27H30N4O5/c1-35-25-12-16(9-10-28-25)18-13-30(14-18)21-3-2-4-23(21)36-19-5-6-20-17(11-19)15-31(27(20)34)22-7-8-24(32)29-26(22)33/h5-6,9-12,18,21-23H,2-4,7-8,13-15H2,1H3,(H,29,32,33)/t21-,22?,23-/m0/s1. The fourth-order valence-corrected chi connectivity index (χ4v) is 6.05. The number of aromatic nitrogens is 1. The quantitative estimate of drug-likeness (QED) is 0.620. The molecule has 1 unspecified atom stereocenters. The molecule has 9 nitrogen and oxygen atoms in total. The SMILES string of the molecule is COc1cc(C2CN([C@H]3CCC[C@@H]3Oc3ccc4c(c3)CN(C3CCC(=O)NC3=O)C4=O)C2)ccn1. The molecule has 36 heavy (non-hydrogen) atoms. The number of methoxy groups -OCH3 is 1. The van der Waals surface area contributed by atoms with E-state index in [2.05, 4.69) is 21.3 Å². The number of hydrogen-bond acceptors (Lipinski definition) is 7. The highest BCUT2D eigenvalue weighted by atomic mass is 16.5. The smallest absolute Gasteiger partial charge is 0.255 e. The molecule has 4 heterocycles. The van der Waals surface area contributed by atoms with Crippen LogP contribution in [0.25, 0.3) is 0 Å². The van der Waals surface area contributed by atoms with Crippen LogP contribution in [0.5, 0.6) is 11.6 Å². The van der Waals surface area contributed by atoms with Gasteiger partial charge in [0.15, 0.2) is 0 Å². The summed E-state index contributed by atoms with van der Waals surface area (Å²) < 4.78 is 11.7. The number of imide groups is 1. The van der Waals surface area contributed by atoms with E-state index in [4.69, 9.17) is 9.47 Å². The van der Waals surface area contributed by atoms with Crippen LogP contribution in [0, 0.1) is 0 Å². The molecular weight excluding hydrogens is 460 g/mol. The molecule has 2 saturated heterocycles. The van der Waals surface area contributed by atoms with Gasteiger partial charge in [-0.15, -0.1) is 0 Å². The second-order valence-corrected chi connectivity index (χ2v) is 10.2. The summed E-state index contributed by atoms with van der Waals surface area (Å²) in [7, 11) is 1.64. The Kier molecular flexibility index (Phi) is 5.87. The van der Waals surface area contributed by atoms with Crippen LogP contribution >= 0.6 is 0 Å². The maximum absolute atomic E-state index is 13.0. The summed E-state index contributed by atoms with van der Waals surface area (Å²) in [6.07, 6.45) is 5.78. The van der Waals surface area contributed by atoms with Crippen LogP contribution < -0.4 is 14.8 Å². The Morgan fingerprint density at radius 2 is 1.92 bits per heavy atom. The number of amides is 3. The highest BCUT2D eigenvalue weighted by molar-refractivity contribution is 6.05. The fraction of sp³-hybridized carbons (Fsp3) is 0.481. The third kappa shape index (κ3) is 4.11. The van der Waals surface area contributed by atoms with E-state index in [1.54, 1.807) is 24.3 Å². The van der Waals surface area contributed by atoms with Crippen molar-refractivity contribution in [2.24, 2.45) is 0 Å². The number of ether oxygens (including phenoxy) is 2. The molecule has 6 rings (SSSR count). The van der Waals surface area contributed by atoms with E-state index in [1.165, 1.54) is 5.56 Å². The predicted octanol–water partition coefficient (Wildman–Crippen LogP) is 2.25. The molecule has 1 aromatic heterocycles. The second-order valence-electron chi connectivity index (χ2n) is 10.2. The molecule has 9 heteroatoms. The molecule has 0 spiro atoms. The van der Waals surface area contributed by atoms with Crippen molar-refractivity contribution in [3.8, 4) is 11.6 Å². The maximum Gasteiger partial charge on any atom is 0.255 e. The lowest BCUT2D eigenvalue weighted by Gasteiger charge is -2.45. The van der Waals surface area contributed by atoms with Gasteiger partial charge in [-0.1, -0.05) is 0 Å². The molecule has 1 aromatic carbocycles. The van der Waals surface area contributed by atoms with Crippen LogP contribution in [0.3, 0.4) is 0 Å². The number of carbonyl (C=O) groups excluding carboxylic acids is 3. The first-order chi connectivity index (χ1) is 17.5. The Morgan fingerprint density at radius 1 is 1.06 bits per heavy atom. The molecule has 0 bridgehead atoms. The van der Waals surface area contributed by atoms with Crippen LogP contribution in [0.4, 0.5) is 0 Å². The molecule has 3 fully saturated rings. The van der Waals surface area contributed by atoms with Crippen molar-refractivity contribution in [2.45, 2.75) is 62.8 Å². The van der Waals surface area contributed by atoms with Gasteiger partial charge >= 0.3 is 0 Å². The summed E-state index contributed by atoms with van der Waals surface area (Å²) in [4.78, 5) is 45.0. The molecule has 1 saturated carbocycles. The number of likely N-dealkylation sites (tertiary alicyclic amines) is 1. The molecule has 1 N–H and O–H groups in total. The van der Waals surface area contributed by atoms with E-state index in [-0.39, 0.29) is 24.3 Å². The average Bonchev–Trinajstić information content (AvgIpc) is 3.42. The van der Waals surface area contributed by atoms with Gasteiger partial charge in [-0.2, -0.15) is 0 Å². The Morgan fingerprint density at radius 3 is 2.72 bits per heavy atom. The van der Waals surface area contributed by atoms with Crippen molar-refractivity contribution >= 4 is 17.7 Å². The number of rotatable bonds is 6. The monoisotopic (exact) mass is 490 g/mol. The van der Waals surface area contributed by atoms with Crippen molar-refractivity contribution in [3.63, 3.8) is 0 Å². The molecular formula is C27H30N4O5. The first-order valence-corrected chi connectivity index (χ1v) is 12.7. The Bertz CT molecular complexity index is 1210. The minimum absolute atomic E-state index is 0.110. The van der Waals surface area contributed by atoms with Crippen molar-refractivity contribution in [1.29, 1.82) is 0 Å². The number of pyridine rings is 1. The lowest BCUT2D eigenvalue weighted by Crippen LogP contribution is -2.54. The van der Waals surface area contributed by atoms with Crippen LogP contribution in [-0.2, 0) is 16.1 Å². The molecule has 4 aliphatic rings.